The molecule has 0 N–H and O–H groups in total. The third-order valence-corrected chi connectivity index (χ3v) is 7.26. The van der Waals surface area contributed by atoms with Crippen LogP contribution in [0.4, 0.5) is 5.69 Å². The highest BCUT2D eigenvalue weighted by atomic mass is 16.6. The fraction of sp³-hybridized carbons (Fsp3) is 0.348. The number of aryl methyl sites for hydroxylation is 1. The first-order chi connectivity index (χ1) is 14.9. The smallest absolute Gasteiger partial charge is 0.270 e. The Bertz CT molecular complexity index is 1180. The highest BCUT2D eigenvalue weighted by Gasteiger charge is 2.67. The molecule has 1 aliphatic heterocycles. The van der Waals surface area contributed by atoms with Gasteiger partial charge < -0.3 is 4.42 Å². The number of carbonyl (C=O) groups excluding carboxylic acids is 2. The maximum Gasteiger partial charge on any atom is 0.270 e. The van der Waals surface area contributed by atoms with E-state index in [0.717, 1.165) is 17.0 Å². The molecule has 2 bridgehead atoms. The first-order valence-electron chi connectivity index (χ1n) is 10.4. The summed E-state index contributed by atoms with van der Waals surface area (Å²) in [5.41, 5.74) is 1.42. The number of imide groups is 1. The molecule has 8 heteroatoms. The predicted octanol–water partition coefficient (Wildman–Crippen LogP) is 3.55. The number of non-ortho nitro benzene ring substituents is 1. The number of furan rings is 1. The summed E-state index contributed by atoms with van der Waals surface area (Å²) in [7, 11) is 0. The number of amides is 2. The SMILES string of the molecule is Cc1ccc([N+](=O)[O-])cc1-c1ccc(/C=N\N2C(=O)[C@@H]3[C@@H]4C=C[C@H]([C@H]5C[C@@H]45)[C@@H]3C2=O)o1. The Labute approximate surface area is 177 Å². The monoisotopic (exact) mass is 417 g/mol. The molecule has 8 nitrogen and oxygen atoms in total. The van der Waals surface area contributed by atoms with E-state index in [4.69, 9.17) is 4.42 Å². The molecule has 7 rings (SSSR count). The number of hydrogen-bond donors (Lipinski definition) is 0. The van der Waals surface area contributed by atoms with Gasteiger partial charge in [-0.2, -0.15) is 10.1 Å². The Morgan fingerprint density at radius 2 is 1.77 bits per heavy atom. The maximum atomic E-state index is 13.0. The summed E-state index contributed by atoms with van der Waals surface area (Å²) in [5, 5.41) is 16.3. The van der Waals surface area contributed by atoms with Gasteiger partial charge in [0.15, 0.2) is 0 Å². The molecule has 2 amide bonds. The Morgan fingerprint density at radius 1 is 1.10 bits per heavy atom. The van der Waals surface area contributed by atoms with Crippen LogP contribution < -0.4 is 0 Å². The van der Waals surface area contributed by atoms with Crippen molar-refractivity contribution in [3.8, 4) is 11.3 Å². The second-order valence-electron chi connectivity index (χ2n) is 8.85. The predicted molar refractivity (Wildman–Crippen MR) is 110 cm³/mol. The minimum atomic E-state index is -0.454. The van der Waals surface area contributed by atoms with E-state index in [2.05, 4.69) is 17.3 Å². The van der Waals surface area contributed by atoms with Gasteiger partial charge >= 0.3 is 0 Å². The van der Waals surface area contributed by atoms with Crippen molar-refractivity contribution in [3.05, 3.63) is 63.9 Å². The summed E-state index contributed by atoms with van der Waals surface area (Å²) in [5.74, 6) is 1.19. The molecule has 2 aromatic rings. The summed E-state index contributed by atoms with van der Waals surface area (Å²) in [6, 6.07) is 7.93. The number of rotatable bonds is 4. The van der Waals surface area contributed by atoms with Gasteiger partial charge in [-0.1, -0.05) is 18.2 Å². The summed E-state index contributed by atoms with van der Waals surface area (Å²) >= 11 is 0. The van der Waals surface area contributed by atoms with Gasteiger partial charge in [0.1, 0.15) is 11.5 Å². The normalized spacial score (nSPS) is 32.6. The number of benzene rings is 1. The summed E-state index contributed by atoms with van der Waals surface area (Å²) in [6.45, 7) is 1.84. The van der Waals surface area contributed by atoms with Crippen LogP contribution >= 0.6 is 0 Å². The number of hydrazone groups is 1. The average molecular weight is 417 g/mol. The van der Waals surface area contributed by atoms with Crippen molar-refractivity contribution in [2.75, 3.05) is 0 Å². The first-order valence-corrected chi connectivity index (χ1v) is 10.4. The van der Waals surface area contributed by atoms with E-state index in [9.17, 15) is 19.7 Å². The topological polar surface area (TPSA) is 106 Å². The molecule has 156 valence electrons. The van der Waals surface area contributed by atoms with Crippen LogP contribution in [0.1, 0.15) is 17.7 Å². The van der Waals surface area contributed by atoms with Crippen molar-refractivity contribution in [1.29, 1.82) is 0 Å². The van der Waals surface area contributed by atoms with Crippen LogP contribution in [0.3, 0.4) is 0 Å². The second kappa shape index (κ2) is 6.23. The quantitative estimate of drug-likeness (QED) is 0.249. The Kier molecular flexibility index (Phi) is 3.66. The maximum absolute atomic E-state index is 13.0. The molecule has 4 aliphatic carbocycles. The van der Waals surface area contributed by atoms with Crippen LogP contribution in [0.5, 0.6) is 0 Å². The summed E-state index contributed by atoms with van der Waals surface area (Å²) in [6.07, 6.45) is 6.72. The fourth-order valence-corrected chi connectivity index (χ4v) is 5.73. The van der Waals surface area contributed by atoms with Crippen LogP contribution in [0.25, 0.3) is 11.3 Å². The number of nitro groups is 1. The van der Waals surface area contributed by atoms with E-state index in [0.29, 0.717) is 28.9 Å². The van der Waals surface area contributed by atoms with Gasteiger partial charge in [0.25, 0.3) is 17.5 Å². The molecule has 0 unspecified atom stereocenters. The summed E-state index contributed by atoms with van der Waals surface area (Å²) < 4.78 is 5.78. The van der Waals surface area contributed by atoms with E-state index in [1.165, 1.54) is 18.3 Å². The van der Waals surface area contributed by atoms with Crippen molar-refractivity contribution in [2.24, 2.45) is 40.6 Å². The third kappa shape index (κ3) is 2.57. The molecule has 1 saturated heterocycles. The lowest BCUT2D eigenvalue weighted by atomic mass is 9.63. The third-order valence-electron chi connectivity index (χ3n) is 7.26. The van der Waals surface area contributed by atoms with Crippen molar-refractivity contribution < 1.29 is 18.9 Å². The molecule has 0 spiro atoms. The fourth-order valence-electron chi connectivity index (χ4n) is 5.73. The molecule has 2 heterocycles. The minimum Gasteiger partial charge on any atom is -0.455 e. The van der Waals surface area contributed by atoms with Gasteiger partial charge in [0.05, 0.1) is 23.0 Å². The van der Waals surface area contributed by atoms with Crippen LogP contribution in [0.2, 0.25) is 0 Å². The molecular weight excluding hydrogens is 398 g/mol. The zero-order chi connectivity index (χ0) is 21.4. The number of nitrogens with zero attached hydrogens (tertiary/aromatic N) is 3. The highest BCUT2D eigenvalue weighted by Crippen LogP contribution is 2.65. The number of carbonyl (C=O) groups is 2. The van der Waals surface area contributed by atoms with E-state index in [1.807, 2.05) is 6.92 Å². The number of hydrogen-bond acceptors (Lipinski definition) is 6. The van der Waals surface area contributed by atoms with Crippen LogP contribution in [0.15, 0.2) is 52.0 Å². The zero-order valence-corrected chi connectivity index (χ0v) is 16.7. The molecule has 1 aromatic heterocycles. The molecule has 5 aliphatic rings. The lowest BCUT2D eigenvalue weighted by Crippen LogP contribution is -2.40. The highest BCUT2D eigenvalue weighted by molar-refractivity contribution is 6.06. The molecule has 31 heavy (non-hydrogen) atoms. The number of allylic oxidation sites excluding steroid dienone is 2. The minimum absolute atomic E-state index is 0.0237. The van der Waals surface area contributed by atoms with E-state index < -0.39 is 4.92 Å². The van der Waals surface area contributed by atoms with Crippen molar-refractivity contribution >= 4 is 23.7 Å². The van der Waals surface area contributed by atoms with Gasteiger partial charge in [0, 0.05) is 17.7 Å². The second-order valence-corrected chi connectivity index (χ2v) is 8.85. The summed E-state index contributed by atoms with van der Waals surface area (Å²) in [4.78, 5) is 36.5. The number of nitro benzene ring substituents is 1. The van der Waals surface area contributed by atoms with Gasteiger partial charge in [0.2, 0.25) is 0 Å². The van der Waals surface area contributed by atoms with Crippen molar-refractivity contribution in [1.82, 2.24) is 5.01 Å². The van der Waals surface area contributed by atoms with Gasteiger partial charge in [-0.25, -0.2) is 0 Å². The van der Waals surface area contributed by atoms with Crippen LogP contribution in [-0.2, 0) is 9.59 Å². The van der Waals surface area contributed by atoms with Gasteiger partial charge in [-0.3, -0.25) is 19.7 Å². The van der Waals surface area contributed by atoms with Crippen molar-refractivity contribution in [3.63, 3.8) is 0 Å². The Hall–Kier alpha value is -3.55. The lowest BCUT2D eigenvalue weighted by molar-refractivity contribution is -0.384. The molecule has 2 saturated carbocycles. The standard InChI is InChI=1S/C23H19N3O5/c1-11-2-3-12(26(29)30)8-16(11)19-7-4-13(31-19)10-24-25-22(27)20-14-5-6-15(18-9-17(14)18)21(20)23(25)28/h2-8,10,14-15,17-18,20-21H,9H2,1H3/b24-10-/t14-,15-,17-,18+,20+,21-/m1/s1. The van der Waals surface area contributed by atoms with Crippen molar-refractivity contribution in [2.45, 2.75) is 13.3 Å². The molecule has 1 aromatic carbocycles. The van der Waals surface area contributed by atoms with Crippen LogP contribution in [0, 0.1) is 52.5 Å². The molecule has 6 atom stereocenters. The van der Waals surface area contributed by atoms with E-state index >= 15 is 0 Å². The largest absolute Gasteiger partial charge is 0.455 e. The Morgan fingerprint density at radius 3 is 2.42 bits per heavy atom. The first kappa shape index (κ1) is 18.2. The van der Waals surface area contributed by atoms with E-state index in [-0.39, 0.29) is 41.2 Å². The molecular formula is C23H19N3O5. The Balaban J connectivity index is 1.25. The zero-order valence-electron chi connectivity index (χ0n) is 16.7. The van der Waals surface area contributed by atoms with Crippen LogP contribution in [-0.4, -0.2) is 28.0 Å². The molecule has 0 radical (unpaired) electrons. The average Bonchev–Trinajstić information content (AvgIpc) is 3.40. The van der Waals surface area contributed by atoms with Gasteiger partial charge in [-0.05, 0) is 54.7 Å². The van der Waals surface area contributed by atoms with Gasteiger partial charge in [-0.15, -0.1) is 0 Å². The van der Waals surface area contributed by atoms with E-state index in [1.54, 1.807) is 18.2 Å². The molecule has 3 fully saturated rings. The lowest BCUT2D eigenvalue weighted by Gasteiger charge is -2.37.